The number of hydrogen-bond donors (Lipinski definition) is 4. The van der Waals surface area contributed by atoms with Gasteiger partial charge >= 0.3 is 12.0 Å². The molecule has 0 heterocycles. The van der Waals surface area contributed by atoms with E-state index < -0.39 is 18.0 Å². The largest absolute Gasteiger partial charge is 0.508 e. The quantitative estimate of drug-likeness (QED) is 0.653. The summed E-state index contributed by atoms with van der Waals surface area (Å²) < 4.78 is 0. The summed E-state index contributed by atoms with van der Waals surface area (Å²) in [7, 11) is 0. The molecule has 0 bridgehead atoms. The number of carboxylic acid groups (broad SMARTS) is 1. The van der Waals surface area contributed by atoms with Gasteiger partial charge in [0.05, 0.1) is 0 Å². The van der Waals surface area contributed by atoms with Crippen LogP contribution in [0.2, 0.25) is 0 Å². The summed E-state index contributed by atoms with van der Waals surface area (Å²) in [6.07, 6.45) is 0.0850. The first-order valence-electron chi connectivity index (χ1n) is 7.54. The van der Waals surface area contributed by atoms with E-state index in [1.807, 2.05) is 31.2 Å². The molecule has 0 aliphatic carbocycles. The fourth-order valence-electron chi connectivity index (χ4n) is 2.22. The Morgan fingerprint density at radius 1 is 1.08 bits per heavy atom. The maximum absolute atomic E-state index is 11.9. The van der Waals surface area contributed by atoms with Gasteiger partial charge in [0, 0.05) is 13.0 Å². The minimum Gasteiger partial charge on any atom is -0.508 e. The number of phenols is 1. The van der Waals surface area contributed by atoms with Crippen LogP contribution in [0.25, 0.3) is 0 Å². The smallest absolute Gasteiger partial charge is 0.326 e. The van der Waals surface area contributed by atoms with Crippen LogP contribution in [0.1, 0.15) is 16.7 Å². The average molecular weight is 328 g/mol. The van der Waals surface area contributed by atoms with Gasteiger partial charge in [-0.1, -0.05) is 42.0 Å². The highest BCUT2D eigenvalue weighted by molar-refractivity contribution is 5.82. The summed E-state index contributed by atoms with van der Waals surface area (Å²) >= 11 is 0. The van der Waals surface area contributed by atoms with Crippen molar-refractivity contribution in [2.75, 3.05) is 0 Å². The molecule has 0 aliphatic rings. The Kier molecular flexibility index (Phi) is 5.78. The molecule has 0 saturated heterocycles. The number of carbonyl (C=O) groups is 2. The molecule has 0 spiro atoms. The Balaban J connectivity index is 1.91. The van der Waals surface area contributed by atoms with E-state index in [2.05, 4.69) is 10.6 Å². The lowest BCUT2D eigenvalue weighted by atomic mass is 10.1. The normalized spacial score (nSPS) is 11.5. The number of amides is 2. The number of aromatic hydroxyl groups is 1. The maximum atomic E-state index is 11.9. The molecule has 6 nitrogen and oxygen atoms in total. The highest BCUT2D eigenvalue weighted by Crippen LogP contribution is 2.12. The van der Waals surface area contributed by atoms with Crippen LogP contribution >= 0.6 is 0 Å². The first kappa shape index (κ1) is 17.3. The topological polar surface area (TPSA) is 98.7 Å². The van der Waals surface area contributed by atoms with Crippen molar-refractivity contribution in [1.29, 1.82) is 0 Å². The zero-order valence-corrected chi connectivity index (χ0v) is 13.3. The molecule has 1 unspecified atom stereocenters. The summed E-state index contributed by atoms with van der Waals surface area (Å²) in [5.41, 5.74) is 2.68. The second-order valence-corrected chi connectivity index (χ2v) is 5.58. The van der Waals surface area contributed by atoms with Crippen molar-refractivity contribution in [2.45, 2.75) is 25.9 Å². The second-order valence-electron chi connectivity index (χ2n) is 5.58. The third-order valence-electron chi connectivity index (χ3n) is 3.53. The molecule has 1 atom stereocenters. The lowest BCUT2D eigenvalue weighted by Crippen LogP contribution is -2.46. The molecule has 0 radical (unpaired) electrons. The molecule has 4 N–H and O–H groups in total. The molecule has 0 aliphatic heterocycles. The summed E-state index contributed by atoms with van der Waals surface area (Å²) in [6.45, 7) is 2.29. The molecule has 0 aromatic heterocycles. The molecular weight excluding hydrogens is 308 g/mol. The molecule has 24 heavy (non-hydrogen) atoms. The van der Waals surface area contributed by atoms with E-state index in [1.54, 1.807) is 12.1 Å². The van der Waals surface area contributed by atoms with Gasteiger partial charge in [0.1, 0.15) is 11.8 Å². The van der Waals surface area contributed by atoms with Crippen molar-refractivity contribution in [3.63, 3.8) is 0 Å². The Morgan fingerprint density at radius 3 is 2.42 bits per heavy atom. The van der Waals surface area contributed by atoms with E-state index in [0.717, 1.165) is 11.1 Å². The second kappa shape index (κ2) is 8.01. The van der Waals surface area contributed by atoms with Crippen LogP contribution in [0.4, 0.5) is 4.79 Å². The number of phenolic OH excluding ortho intramolecular Hbond substituents is 1. The molecule has 2 amide bonds. The first-order chi connectivity index (χ1) is 11.4. The molecule has 2 aromatic rings. The molecule has 0 saturated carbocycles. The number of aryl methyl sites for hydroxylation is 1. The van der Waals surface area contributed by atoms with E-state index in [-0.39, 0.29) is 12.2 Å². The zero-order valence-electron chi connectivity index (χ0n) is 13.3. The fraction of sp³-hybridized carbons (Fsp3) is 0.222. The number of carbonyl (C=O) groups excluding carboxylic acids is 1. The number of urea groups is 1. The van der Waals surface area contributed by atoms with Gasteiger partial charge in [-0.25, -0.2) is 9.59 Å². The van der Waals surface area contributed by atoms with Crippen LogP contribution in [0.15, 0.2) is 48.5 Å². The number of aliphatic carboxylic acids is 1. The highest BCUT2D eigenvalue weighted by Gasteiger charge is 2.20. The van der Waals surface area contributed by atoms with Crippen molar-refractivity contribution in [2.24, 2.45) is 0 Å². The van der Waals surface area contributed by atoms with E-state index in [0.29, 0.717) is 12.1 Å². The maximum Gasteiger partial charge on any atom is 0.326 e. The van der Waals surface area contributed by atoms with E-state index in [4.69, 9.17) is 0 Å². The predicted molar refractivity (Wildman–Crippen MR) is 89.8 cm³/mol. The first-order valence-corrected chi connectivity index (χ1v) is 7.54. The summed E-state index contributed by atoms with van der Waals surface area (Å²) in [5.74, 6) is -1.08. The fourth-order valence-corrected chi connectivity index (χ4v) is 2.22. The monoisotopic (exact) mass is 328 g/mol. The van der Waals surface area contributed by atoms with Gasteiger partial charge in [0.25, 0.3) is 0 Å². The third kappa shape index (κ3) is 5.31. The van der Waals surface area contributed by atoms with Gasteiger partial charge in [0.2, 0.25) is 0 Å². The number of rotatable bonds is 6. The molecular formula is C18H20N2O4. The Bertz CT molecular complexity index is 713. The molecule has 0 fully saturated rings. The van der Waals surface area contributed by atoms with E-state index in [9.17, 15) is 19.8 Å². The Hall–Kier alpha value is -3.02. The SMILES string of the molecule is Cc1ccc(CNC(=O)NC(Cc2cccc(O)c2)C(=O)O)cc1. The Labute approximate surface area is 140 Å². The third-order valence-corrected chi connectivity index (χ3v) is 3.53. The van der Waals surface area contributed by atoms with Gasteiger partial charge in [-0.2, -0.15) is 0 Å². The Morgan fingerprint density at radius 2 is 1.79 bits per heavy atom. The van der Waals surface area contributed by atoms with Crippen LogP contribution in [0.3, 0.4) is 0 Å². The number of hydrogen-bond acceptors (Lipinski definition) is 3. The lowest BCUT2D eigenvalue weighted by molar-refractivity contribution is -0.139. The van der Waals surface area contributed by atoms with Crippen LogP contribution in [-0.4, -0.2) is 28.3 Å². The van der Waals surface area contributed by atoms with E-state index in [1.165, 1.54) is 12.1 Å². The van der Waals surface area contributed by atoms with Crippen LogP contribution in [-0.2, 0) is 17.8 Å². The van der Waals surface area contributed by atoms with E-state index >= 15 is 0 Å². The van der Waals surface area contributed by atoms with Gasteiger partial charge in [-0.15, -0.1) is 0 Å². The van der Waals surface area contributed by atoms with Crippen LogP contribution < -0.4 is 10.6 Å². The van der Waals surface area contributed by atoms with Crippen molar-refractivity contribution in [3.05, 3.63) is 65.2 Å². The molecule has 6 heteroatoms. The summed E-state index contributed by atoms with van der Waals surface area (Å²) in [5, 5.41) is 23.8. The van der Waals surface area contributed by atoms with Crippen LogP contribution in [0, 0.1) is 6.92 Å². The van der Waals surface area contributed by atoms with Crippen molar-refractivity contribution < 1.29 is 19.8 Å². The standard InChI is InChI=1S/C18H20N2O4/c1-12-5-7-13(8-6-12)11-19-18(24)20-16(17(22)23)10-14-3-2-4-15(21)9-14/h2-9,16,21H,10-11H2,1H3,(H,22,23)(H2,19,20,24). The molecule has 126 valence electrons. The summed E-state index contributed by atoms with van der Waals surface area (Å²) in [4.78, 5) is 23.3. The summed E-state index contributed by atoms with van der Waals surface area (Å²) in [6, 6.07) is 12.3. The molecule has 2 aromatic carbocycles. The number of nitrogens with one attached hydrogen (secondary N) is 2. The minimum absolute atomic E-state index is 0.0560. The zero-order chi connectivity index (χ0) is 17.5. The van der Waals surface area contributed by atoms with Gasteiger partial charge in [-0.3, -0.25) is 0 Å². The lowest BCUT2D eigenvalue weighted by Gasteiger charge is -2.15. The van der Waals surface area contributed by atoms with Gasteiger partial charge < -0.3 is 20.8 Å². The van der Waals surface area contributed by atoms with Gasteiger partial charge in [-0.05, 0) is 30.2 Å². The minimum atomic E-state index is -1.14. The van der Waals surface area contributed by atoms with Crippen LogP contribution in [0.5, 0.6) is 5.75 Å². The van der Waals surface area contributed by atoms with Crippen molar-refractivity contribution in [3.8, 4) is 5.75 Å². The average Bonchev–Trinajstić information content (AvgIpc) is 2.53. The molecule has 2 rings (SSSR count). The van der Waals surface area contributed by atoms with Crippen molar-refractivity contribution >= 4 is 12.0 Å². The van der Waals surface area contributed by atoms with Gasteiger partial charge in [0.15, 0.2) is 0 Å². The predicted octanol–water partition coefficient (Wildman–Crippen LogP) is 2.20. The van der Waals surface area contributed by atoms with Crippen molar-refractivity contribution in [1.82, 2.24) is 10.6 Å². The highest BCUT2D eigenvalue weighted by atomic mass is 16.4. The number of benzene rings is 2. The number of carboxylic acids is 1.